The lowest BCUT2D eigenvalue weighted by atomic mass is 10.0. The van der Waals surface area contributed by atoms with Crippen molar-refractivity contribution < 1.29 is 13.5 Å². The van der Waals surface area contributed by atoms with Gasteiger partial charge in [0.25, 0.3) is 0 Å². The van der Waals surface area contributed by atoms with Crippen LogP contribution in [0.15, 0.2) is 37.2 Å². The first-order valence-corrected chi connectivity index (χ1v) is 8.64. The van der Waals surface area contributed by atoms with Crippen molar-refractivity contribution in [3.8, 4) is 0 Å². The molecule has 0 spiro atoms. The summed E-state index contributed by atoms with van der Waals surface area (Å²) in [5.74, 6) is -1.07. The summed E-state index contributed by atoms with van der Waals surface area (Å²) in [6.07, 6.45) is 2.95. The van der Waals surface area contributed by atoms with Gasteiger partial charge in [-0.05, 0) is 26.0 Å². The smallest absolute Gasteiger partial charge is 0.221 e. The zero-order chi connectivity index (χ0) is 19.8. The first-order valence-electron chi connectivity index (χ1n) is 8.64. The molecule has 3 aromatic heterocycles. The van der Waals surface area contributed by atoms with E-state index in [-0.39, 0.29) is 27.8 Å². The molecule has 3 heterocycles. The average molecular weight is 382 g/mol. The summed E-state index contributed by atoms with van der Waals surface area (Å²) in [6, 6.07) is 3.54. The molecule has 0 saturated carbocycles. The van der Waals surface area contributed by atoms with Gasteiger partial charge in [-0.15, -0.1) is 5.10 Å². The van der Waals surface area contributed by atoms with Crippen LogP contribution in [0, 0.1) is 11.6 Å². The minimum absolute atomic E-state index is 0.150. The maximum atomic E-state index is 15.1. The van der Waals surface area contributed by atoms with Crippen LogP contribution < -0.4 is 0 Å². The van der Waals surface area contributed by atoms with E-state index < -0.39 is 17.7 Å². The highest BCUT2D eigenvalue weighted by Crippen LogP contribution is 2.30. The Morgan fingerprint density at radius 2 is 2.14 bits per heavy atom. The predicted octanol–water partition coefficient (Wildman–Crippen LogP) is 3.66. The molecule has 0 radical (unpaired) electrons. The van der Waals surface area contributed by atoms with Gasteiger partial charge in [0.15, 0.2) is 5.65 Å². The standard InChI is InChI=1S/C19H16F2N6O/c1-4-28-11(3)15-9-23-18-19(24-15)27(26-25-18)10(2)16-13(20)8-14-12(17(16)21)6-5-7-22-14/h5-10H,3-4H2,1-2H3. The third-order valence-electron chi connectivity index (χ3n) is 4.41. The molecule has 0 bridgehead atoms. The topological polar surface area (TPSA) is 78.6 Å². The SMILES string of the molecule is C=C(OCC)c1cnc2nnn(C(C)c3c(F)cc4ncccc4c3F)c2n1. The minimum atomic E-state index is -0.820. The van der Waals surface area contributed by atoms with Crippen molar-refractivity contribution in [2.75, 3.05) is 6.61 Å². The molecular weight excluding hydrogens is 366 g/mol. The molecular formula is C19H16F2N6O. The monoisotopic (exact) mass is 382 g/mol. The van der Waals surface area contributed by atoms with E-state index in [2.05, 4.69) is 31.8 Å². The van der Waals surface area contributed by atoms with E-state index in [9.17, 15) is 4.39 Å². The van der Waals surface area contributed by atoms with Crippen LogP contribution >= 0.6 is 0 Å². The molecule has 1 atom stereocenters. The van der Waals surface area contributed by atoms with Gasteiger partial charge in [-0.2, -0.15) is 0 Å². The van der Waals surface area contributed by atoms with Gasteiger partial charge >= 0.3 is 0 Å². The summed E-state index contributed by atoms with van der Waals surface area (Å²) >= 11 is 0. The Bertz CT molecular complexity index is 1210. The van der Waals surface area contributed by atoms with E-state index >= 15 is 4.39 Å². The number of nitrogens with zero attached hydrogens (tertiary/aromatic N) is 6. The summed E-state index contributed by atoms with van der Waals surface area (Å²) < 4.78 is 36.5. The first-order chi connectivity index (χ1) is 13.5. The number of benzene rings is 1. The summed E-state index contributed by atoms with van der Waals surface area (Å²) in [7, 11) is 0. The number of hydrogen-bond donors (Lipinski definition) is 0. The molecule has 1 aromatic carbocycles. The van der Waals surface area contributed by atoms with Gasteiger partial charge in [-0.1, -0.05) is 11.8 Å². The summed E-state index contributed by atoms with van der Waals surface area (Å²) in [5.41, 5.74) is 1.02. The second-order valence-electron chi connectivity index (χ2n) is 6.12. The molecule has 0 fully saturated rings. The second-order valence-corrected chi connectivity index (χ2v) is 6.12. The molecule has 0 N–H and O–H groups in total. The molecule has 4 aromatic rings. The summed E-state index contributed by atoms with van der Waals surface area (Å²) in [5, 5.41) is 8.18. The number of rotatable bonds is 5. The Balaban J connectivity index is 1.85. The number of fused-ring (bicyclic) bond motifs is 2. The Labute approximate surface area is 158 Å². The number of pyridine rings is 1. The van der Waals surface area contributed by atoms with Gasteiger partial charge in [0.2, 0.25) is 5.65 Å². The van der Waals surface area contributed by atoms with Gasteiger partial charge in [-0.25, -0.2) is 23.4 Å². The van der Waals surface area contributed by atoms with Gasteiger partial charge in [0.05, 0.1) is 24.4 Å². The Kier molecular flexibility index (Phi) is 4.42. The highest BCUT2D eigenvalue weighted by molar-refractivity contribution is 5.80. The minimum Gasteiger partial charge on any atom is -0.492 e. The second kappa shape index (κ2) is 6.91. The van der Waals surface area contributed by atoms with Crippen molar-refractivity contribution in [3.05, 3.63) is 60.1 Å². The van der Waals surface area contributed by atoms with Crippen molar-refractivity contribution in [1.29, 1.82) is 0 Å². The fraction of sp³-hybridized carbons (Fsp3) is 0.211. The van der Waals surface area contributed by atoms with Gasteiger partial charge in [0.1, 0.15) is 23.1 Å². The van der Waals surface area contributed by atoms with Crippen LogP contribution in [-0.2, 0) is 4.74 Å². The van der Waals surface area contributed by atoms with E-state index in [1.165, 1.54) is 23.1 Å². The van der Waals surface area contributed by atoms with Crippen LogP contribution in [0.3, 0.4) is 0 Å². The highest BCUT2D eigenvalue weighted by Gasteiger charge is 2.24. The summed E-state index contributed by atoms with van der Waals surface area (Å²) in [6.45, 7) is 7.66. The van der Waals surface area contributed by atoms with Crippen molar-refractivity contribution in [1.82, 2.24) is 29.9 Å². The van der Waals surface area contributed by atoms with E-state index in [0.29, 0.717) is 18.1 Å². The largest absolute Gasteiger partial charge is 0.492 e. The predicted molar refractivity (Wildman–Crippen MR) is 99.3 cm³/mol. The normalized spacial score (nSPS) is 12.4. The lowest BCUT2D eigenvalue weighted by Crippen LogP contribution is -2.14. The molecule has 7 nitrogen and oxygen atoms in total. The molecule has 0 aliphatic heterocycles. The van der Waals surface area contributed by atoms with Gasteiger partial charge in [0, 0.05) is 23.2 Å². The van der Waals surface area contributed by atoms with Crippen molar-refractivity contribution in [2.24, 2.45) is 0 Å². The molecule has 0 saturated heterocycles. The van der Waals surface area contributed by atoms with Crippen molar-refractivity contribution in [2.45, 2.75) is 19.9 Å². The molecule has 9 heteroatoms. The summed E-state index contributed by atoms with van der Waals surface area (Å²) in [4.78, 5) is 12.6. The van der Waals surface area contributed by atoms with Crippen molar-refractivity contribution >= 4 is 28.0 Å². The van der Waals surface area contributed by atoms with E-state index in [0.717, 1.165) is 0 Å². The van der Waals surface area contributed by atoms with Gasteiger partial charge < -0.3 is 4.74 Å². The van der Waals surface area contributed by atoms with Crippen LogP contribution in [0.25, 0.3) is 28.0 Å². The fourth-order valence-corrected chi connectivity index (χ4v) is 3.04. The van der Waals surface area contributed by atoms with Crippen LogP contribution in [0.2, 0.25) is 0 Å². The first kappa shape index (κ1) is 17.9. The lowest BCUT2D eigenvalue weighted by Gasteiger charge is -2.16. The molecule has 142 valence electrons. The maximum absolute atomic E-state index is 15.1. The van der Waals surface area contributed by atoms with E-state index in [1.807, 2.05) is 6.92 Å². The third-order valence-corrected chi connectivity index (χ3v) is 4.41. The van der Waals surface area contributed by atoms with Crippen LogP contribution in [0.1, 0.15) is 31.1 Å². The Hall–Kier alpha value is -3.49. The van der Waals surface area contributed by atoms with Crippen LogP contribution in [0.4, 0.5) is 8.78 Å². The average Bonchev–Trinajstić information content (AvgIpc) is 3.11. The Morgan fingerprint density at radius 1 is 1.32 bits per heavy atom. The molecule has 1 unspecified atom stereocenters. The number of halogens is 2. The van der Waals surface area contributed by atoms with Crippen LogP contribution in [-0.4, -0.2) is 36.6 Å². The zero-order valence-corrected chi connectivity index (χ0v) is 15.2. The van der Waals surface area contributed by atoms with E-state index in [4.69, 9.17) is 4.74 Å². The highest BCUT2D eigenvalue weighted by atomic mass is 19.1. The molecule has 0 amide bonds. The van der Waals surface area contributed by atoms with Gasteiger partial charge in [-0.3, -0.25) is 4.98 Å². The van der Waals surface area contributed by atoms with E-state index in [1.54, 1.807) is 19.1 Å². The molecule has 0 aliphatic rings. The maximum Gasteiger partial charge on any atom is 0.221 e. The Morgan fingerprint density at radius 3 is 2.93 bits per heavy atom. The number of ether oxygens (including phenoxy) is 1. The molecule has 0 aliphatic carbocycles. The quantitative estimate of drug-likeness (QED) is 0.490. The number of aromatic nitrogens is 6. The lowest BCUT2D eigenvalue weighted by molar-refractivity contribution is 0.297. The van der Waals surface area contributed by atoms with Crippen molar-refractivity contribution in [3.63, 3.8) is 0 Å². The number of hydrogen-bond acceptors (Lipinski definition) is 6. The third kappa shape index (κ3) is 2.84. The van der Waals surface area contributed by atoms with Crippen LogP contribution in [0.5, 0.6) is 0 Å². The molecule has 28 heavy (non-hydrogen) atoms. The fourth-order valence-electron chi connectivity index (χ4n) is 3.04. The zero-order valence-electron chi connectivity index (χ0n) is 15.2. The molecule has 4 rings (SSSR count).